The lowest BCUT2D eigenvalue weighted by atomic mass is 10.0. The number of hydrogen-bond acceptors (Lipinski definition) is 7. The number of rotatable bonds is 6. The maximum Gasteiger partial charge on any atom is 0.251 e. The van der Waals surface area contributed by atoms with Crippen molar-refractivity contribution in [3.05, 3.63) is 83.5 Å². The van der Waals surface area contributed by atoms with E-state index < -0.39 is 21.7 Å². The highest BCUT2D eigenvalue weighted by Gasteiger charge is 2.23. The van der Waals surface area contributed by atoms with Gasteiger partial charge in [0.2, 0.25) is 5.91 Å². The number of benzene rings is 2. The standard InChI is InChI=1S/C27H24N4O4S2/c32-25(16-29-26(33)22-8-7-19-4-1-2-13-37(34,35)24(19)15-22)31-27-30-23(17-36-27)21-6-3-5-20(14-21)18-9-11-28-12-10-18/h3,5-12,14-15,17H,1-2,4,13,16H2,(H,29,33)(H,30,31,32). The van der Waals surface area contributed by atoms with Gasteiger partial charge < -0.3 is 10.6 Å². The van der Waals surface area contributed by atoms with Crippen LogP contribution in [-0.4, -0.2) is 42.5 Å². The van der Waals surface area contributed by atoms with Crippen molar-refractivity contribution in [3.8, 4) is 22.4 Å². The fraction of sp³-hybridized carbons (Fsp3) is 0.185. The summed E-state index contributed by atoms with van der Waals surface area (Å²) in [5.41, 5.74) is 4.67. The molecule has 0 unspecified atom stereocenters. The van der Waals surface area contributed by atoms with E-state index in [1.807, 2.05) is 41.8 Å². The molecule has 0 fully saturated rings. The van der Waals surface area contributed by atoms with Crippen molar-refractivity contribution in [2.75, 3.05) is 17.6 Å². The molecule has 0 saturated carbocycles. The summed E-state index contributed by atoms with van der Waals surface area (Å²) in [5.74, 6) is -0.857. The van der Waals surface area contributed by atoms with Crippen molar-refractivity contribution in [3.63, 3.8) is 0 Å². The molecule has 0 aliphatic carbocycles. The Bertz CT molecular complexity index is 1570. The number of pyridine rings is 1. The second-order valence-corrected chi connectivity index (χ2v) is 11.6. The first-order valence-electron chi connectivity index (χ1n) is 11.8. The van der Waals surface area contributed by atoms with Crippen LogP contribution in [0.25, 0.3) is 22.4 Å². The van der Waals surface area contributed by atoms with Crippen LogP contribution in [0.5, 0.6) is 0 Å². The molecule has 2 aromatic heterocycles. The first-order chi connectivity index (χ1) is 17.9. The van der Waals surface area contributed by atoms with Gasteiger partial charge in [0.15, 0.2) is 15.0 Å². The smallest absolute Gasteiger partial charge is 0.251 e. The second-order valence-electron chi connectivity index (χ2n) is 8.68. The van der Waals surface area contributed by atoms with Crippen LogP contribution in [0.1, 0.15) is 28.8 Å². The minimum absolute atomic E-state index is 0.0807. The first kappa shape index (κ1) is 24.8. The largest absolute Gasteiger partial charge is 0.343 e. The Hall–Kier alpha value is -3.89. The monoisotopic (exact) mass is 532 g/mol. The average molecular weight is 533 g/mol. The van der Waals surface area contributed by atoms with Crippen LogP contribution < -0.4 is 10.6 Å². The molecule has 3 heterocycles. The van der Waals surface area contributed by atoms with E-state index in [0.717, 1.165) is 34.4 Å². The summed E-state index contributed by atoms with van der Waals surface area (Å²) >= 11 is 1.29. The number of fused-ring (bicyclic) bond motifs is 1. The zero-order valence-corrected chi connectivity index (χ0v) is 21.4. The summed E-state index contributed by atoms with van der Waals surface area (Å²) in [6.45, 7) is -0.269. The summed E-state index contributed by atoms with van der Waals surface area (Å²) < 4.78 is 25.1. The molecular weight excluding hydrogens is 508 g/mol. The van der Waals surface area contributed by atoms with Crippen molar-refractivity contribution in [1.29, 1.82) is 0 Å². The van der Waals surface area contributed by atoms with Crippen LogP contribution in [0.4, 0.5) is 5.13 Å². The van der Waals surface area contributed by atoms with Gasteiger partial charge in [-0.05, 0) is 66.3 Å². The summed E-state index contributed by atoms with van der Waals surface area (Å²) in [5, 5.41) is 7.54. The van der Waals surface area contributed by atoms with Crippen molar-refractivity contribution >= 4 is 38.1 Å². The van der Waals surface area contributed by atoms with E-state index in [-0.39, 0.29) is 22.8 Å². The van der Waals surface area contributed by atoms with Crippen molar-refractivity contribution in [1.82, 2.24) is 15.3 Å². The van der Waals surface area contributed by atoms with Crippen LogP contribution in [-0.2, 0) is 21.1 Å². The molecule has 0 atom stereocenters. The molecule has 5 rings (SSSR count). The van der Waals surface area contributed by atoms with Crippen molar-refractivity contribution in [2.24, 2.45) is 0 Å². The first-order valence-corrected chi connectivity index (χ1v) is 14.3. The number of thiazole rings is 1. The van der Waals surface area contributed by atoms with Gasteiger partial charge in [-0.1, -0.05) is 24.3 Å². The minimum atomic E-state index is -3.41. The van der Waals surface area contributed by atoms with Crippen LogP contribution in [0.2, 0.25) is 0 Å². The molecule has 2 N–H and O–H groups in total. The molecule has 0 radical (unpaired) electrons. The number of amides is 2. The minimum Gasteiger partial charge on any atom is -0.343 e. The van der Waals surface area contributed by atoms with Crippen LogP contribution in [0.3, 0.4) is 0 Å². The summed E-state index contributed by atoms with van der Waals surface area (Å²) in [6, 6.07) is 16.5. The Balaban J connectivity index is 1.21. The lowest BCUT2D eigenvalue weighted by Gasteiger charge is -2.09. The third-order valence-electron chi connectivity index (χ3n) is 6.11. The van der Waals surface area contributed by atoms with Gasteiger partial charge in [0.1, 0.15) is 0 Å². The van der Waals surface area contributed by atoms with Crippen molar-refractivity contribution < 1.29 is 18.0 Å². The number of sulfone groups is 1. The lowest BCUT2D eigenvalue weighted by Crippen LogP contribution is -2.33. The third-order valence-corrected chi connectivity index (χ3v) is 8.74. The normalized spacial score (nSPS) is 14.3. The predicted molar refractivity (Wildman–Crippen MR) is 143 cm³/mol. The number of nitrogens with one attached hydrogen (secondary N) is 2. The third kappa shape index (κ3) is 5.76. The van der Waals surface area contributed by atoms with Crippen molar-refractivity contribution in [2.45, 2.75) is 24.2 Å². The van der Waals surface area contributed by atoms with Gasteiger partial charge in [0.05, 0.1) is 22.9 Å². The topological polar surface area (TPSA) is 118 Å². The quantitative estimate of drug-likeness (QED) is 0.381. The van der Waals surface area contributed by atoms with E-state index in [0.29, 0.717) is 18.0 Å². The second kappa shape index (κ2) is 10.6. The van der Waals surface area contributed by atoms with E-state index in [1.54, 1.807) is 24.5 Å². The fourth-order valence-electron chi connectivity index (χ4n) is 4.20. The highest BCUT2D eigenvalue weighted by Crippen LogP contribution is 2.29. The molecule has 37 heavy (non-hydrogen) atoms. The molecule has 4 aromatic rings. The molecular formula is C27H24N4O4S2. The summed E-state index contributed by atoms with van der Waals surface area (Å²) in [6.07, 6.45) is 5.56. The number of hydrogen-bond donors (Lipinski definition) is 2. The molecule has 1 aliphatic heterocycles. The number of aromatic nitrogens is 2. The van der Waals surface area contributed by atoms with Crippen LogP contribution >= 0.6 is 11.3 Å². The lowest BCUT2D eigenvalue weighted by molar-refractivity contribution is -0.115. The highest BCUT2D eigenvalue weighted by molar-refractivity contribution is 7.91. The molecule has 8 nitrogen and oxygen atoms in total. The fourth-order valence-corrected chi connectivity index (χ4v) is 6.62. The number of carbonyl (C=O) groups is 2. The number of carbonyl (C=O) groups excluding carboxylic acids is 2. The van der Waals surface area contributed by atoms with Gasteiger partial charge in [-0.15, -0.1) is 11.3 Å². The van der Waals surface area contributed by atoms with Gasteiger partial charge in [0, 0.05) is 28.9 Å². The maximum atomic E-state index is 12.6. The van der Waals surface area contributed by atoms with E-state index in [9.17, 15) is 18.0 Å². The highest BCUT2D eigenvalue weighted by atomic mass is 32.2. The Kier molecular flexibility index (Phi) is 7.11. The molecule has 2 aromatic carbocycles. The molecule has 0 bridgehead atoms. The molecule has 0 saturated heterocycles. The zero-order chi connectivity index (χ0) is 25.8. The molecule has 188 valence electrons. The number of aryl methyl sites for hydroxylation is 1. The predicted octanol–water partition coefficient (Wildman–Crippen LogP) is 4.35. The Morgan fingerprint density at radius 1 is 0.946 bits per heavy atom. The van der Waals surface area contributed by atoms with Gasteiger partial charge in [-0.3, -0.25) is 14.6 Å². The van der Waals surface area contributed by atoms with E-state index in [4.69, 9.17) is 0 Å². The Morgan fingerprint density at radius 2 is 1.76 bits per heavy atom. The van der Waals surface area contributed by atoms with Crippen LogP contribution in [0.15, 0.2) is 77.3 Å². The van der Waals surface area contributed by atoms with Crippen LogP contribution in [0, 0.1) is 0 Å². The summed E-state index contributed by atoms with van der Waals surface area (Å²) in [4.78, 5) is 33.8. The number of anilines is 1. The number of nitrogens with zero attached hydrogens (tertiary/aromatic N) is 2. The summed E-state index contributed by atoms with van der Waals surface area (Å²) in [7, 11) is -3.41. The van der Waals surface area contributed by atoms with Gasteiger partial charge in [0.25, 0.3) is 5.91 Å². The van der Waals surface area contributed by atoms with Gasteiger partial charge in [-0.25, -0.2) is 13.4 Å². The van der Waals surface area contributed by atoms with Gasteiger partial charge >= 0.3 is 0 Å². The molecule has 0 spiro atoms. The van der Waals surface area contributed by atoms with E-state index >= 15 is 0 Å². The Morgan fingerprint density at radius 3 is 2.59 bits per heavy atom. The van der Waals surface area contributed by atoms with Gasteiger partial charge in [-0.2, -0.15) is 0 Å². The molecule has 1 aliphatic rings. The molecule has 2 amide bonds. The van der Waals surface area contributed by atoms with E-state index in [2.05, 4.69) is 20.6 Å². The Labute approximate surface area is 218 Å². The average Bonchev–Trinajstić information content (AvgIpc) is 3.32. The SMILES string of the molecule is O=C(CNC(=O)c1ccc2c(c1)S(=O)(=O)CCCC2)Nc1nc(-c2cccc(-c3ccncc3)c2)cs1. The zero-order valence-electron chi connectivity index (χ0n) is 19.8. The van der Waals surface area contributed by atoms with E-state index in [1.165, 1.54) is 17.4 Å². The maximum absolute atomic E-state index is 12.6. The molecule has 10 heteroatoms.